The van der Waals surface area contributed by atoms with Gasteiger partial charge >= 0.3 is 0 Å². The summed E-state index contributed by atoms with van der Waals surface area (Å²) in [7, 11) is 0. The smallest absolute Gasteiger partial charge is 0.176 e. The first-order valence-corrected chi connectivity index (χ1v) is 6.51. The van der Waals surface area contributed by atoms with Gasteiger partial charge < -0.3 is 0 Å². The van der Waals surface area contributed by atoms with Gasteiger partial charge in [-0.05, 0) is 41.8 Å². The predicted octanol–water partition coefficient (Wildman–Crippen LogP) is 4.44. The van der Waals surface area contributed by atoms with Crippen LogP contribution in [-0.4, -0.2) is 5.78 Å². The van der Waals surface area contributed by atoms with E-state index in [1.165, 1.54) is 4.88 Å². The van der Waals surface area contributed by atoms with Crippen molar-refractivity contribution < 1.29 is 4.79 Å². The number of Topliss-reactive ketones (excluding diaryl/α,β-unsaturated/α-hetero) is 1. The van der Waals surface area contributed by atoms with Crippen LogP contribution in [0.15, 0.2) is 10.5 Å². The third kappa shape index (κ3) is 2.45. The highest BCUT2D eigenvalue weighted by atomic mass is 79.9. The molecule has 0 amide bonds. The molecule has 0 fully saturated rings. The third-order valence-corrected chi connectivity index (χ3v) is 4.34. The lowest BCUT2D eigenvalue weighted by molar-refractivity contribution is 0.0917. The summed E-state index contributed by atoms with van der Waals surface area (Å²) < 4.78 is 0.955. The van der Waals surface area contributed by atoms with E-state index in [4.69, 9.17) is 0 Å². The summed E-state index contributed by atoms with van der Waals surface area (Å²) in [6.07, 6.45) is 1.86. The van der Waals surface area contributed by atoms with Crippen LogP contribution in [0.1, 0.15) is 41.2 Å². The third-order valence-electron chi connectivity index (χ3n) is 2.39. The summed E-state index contributed by atoms with van der Waals surface area (Å²) in [5, 5.41) is 0. The van der Waals surface area contributed by atoms with Crippen LogP contribution >= 0.6 is 27.3 Å². The molecule has 0 N–H and O–H groups in total. The minimum atomic E-state index is 0.185. The first-order chi connectivity index (χ1) is 6.60. The second-order valence-electron chi connectivity index (χ2n) is 3.41. The lowest BCUT2D eigenvalue weighted by Gasteiger charge is -2.09. The topological polar surface area (TPSA) is 17.1 Å². The monoisotopic (exact) mass is 274 g/mol. The number of hydrogen-bond acceptors (Lipinski definition) is 2. The maximum absolute atomic E-state index is 12.0. The number of hydrogen-bond donors (Lipinski definition) is 0. The summed E-state index contributed by atoms with van der Waals surface area (Å²) in [6, 6.07) is 2.01. The van der Waals surface area contributed by atoms with Gasteiger partial charge in [-0.2, -0.15) is 0 Å². The summed E-state index contributed by atoms with van der Waals surface area (Å²) in [6.45, 7) is 6.17. The molecular weight excluding hydrogens is 260 g/mol. The van der Waals surface area contributed by atoms with Crippen LogP contribution in [-0.2, 0) is 0 Å². The number of rotatable bonds is 4. The van der Waals surface area contributed by atoms with E-state index < -0.39 is 0 Å². The number of carbonyl (C=O) groups is 1. The molecule has 0 aliphatic carbocycles. The summed E-state index contributed by atoms with van der Waals surface area (Å²) >= 11 is 5.02. The summed E-state index contributed by atoms with van der Waals surface area (Å²) in [5.41, 5.74) is 0. The Morgan fingerprint density at radius 2 is 2.07 bits per heavy atom. The molecule has 1 rings (SSSR count). The Kier molecular flexibility index (Phi) is 4.32. The predicted molar refractivity (Wildman–Crippen MR) is 65.2 cm³/mol. The van der Waals surface area contributed by atoms with Crippen molar-refractivity contribution in [2.75, 3.05) is 0 Å². The van der Waals surface area contributed by atoms with Gasteiger partial charge in [0.2, 0.25) is 0 Å². The van der Waals surface area contributed by atoms with Crippen LogP contribution in [0.5, 0.6) is 0 Å². The minimum absolute atomic E-state index is 0.185. The summed E-state index contributed by atoms with van der Waals surface area (Å²) in [4.78, 5) is 14.1. The van der Waals surface area contributed by atoms with Crippen molar-refractivity contribution in [1.29, 1.82) is 0 Å². The highest BCUT2D eigenvalue weighted by Gasteiger charge is 2.20. The van der Waals surface area contributed by atoms with Crippen molar-refractivity contribution in [3.05, 3.63) is 20.3 Å². The first-order valence-electron chi connectivity index (χ1n) is 4.90. The SMILES string of the molecule is CCC(CC)C(=O)c1sc(C)cc1Br. The van der Waals surface area contributed by atoms with Gasteiger partial charge in [0, 0.05) is 15.3 Å². The zero-order valence-corrected chi connectivity index (χ0v) is 11.2. The lowest BCUT2D eigenvalue weighted by Crippen LogP contribution is -2.11. The second-order valence-corrected chi connectivity index (χ2v) is 5.52. The van der Waals surface area contributed by atoms with E-state index in [1.807, 2.05) is 13.0 Å². The fraction of sp³-hybridized carbons (Fsp3) is 0.545. The van der Waals surface area contributed by atoms with Gasteiger partial charge in [0.05, 0.1) is 4.88 Å². The fourth-order valence-corrected chi connectivity index (χ4v) is 3.35. The van der Waals surface area contributed by atoms with Gasteiger partial charge in [0.1, 0.15) is 0 Å². The molecule has 78 valence electrons. The molecule has 1 nitrogen and oxygen atoms in total. The van der Waals surface area contributed by atoms with Gasteiger partial charge in [-0.25, -0.2) is 0 Å². The normalized spacial score (nSPS) is 10.9. The number of ketones is 1. The number of thiophene rings is 1. The first kappa shape index (κ1) is 11.9. The maximum Gasteiger partial charge on any atom is 0.176 e. The fourth-order valence-electron chi connectivity index (χ4n) is 1.50. The molecule has 0 saturated carbocycles. The Morgan fingerprint density at radius 1 is 1.50 bits per heavy atom. The van der Waals surface area contributed by atoms with Gasteiger partial charge in [-0.3, -0.25) is 4.79 Å². The molecule has 0 spiro atoms. The van der Waals surface area contributed by atoms with Crippen molar-refractivity contribution in [2.45, 2.75) is 33.6 Å². The molecule has 0 unspecified atom stereocenters. The van der Waals surface area contributed by atoms with E-state index in [-0.39, 0.29) is 5.92 Å². The van der Waals surface area contributed by atoms with Gasteiger partial charge in [-0.1, -0.05) is 13.8 Å². The zero-order chi connectivity index (χ0) is 10.7. The highest BCUT2D eigenvalue weighted by Crippen LogP contribution is 2.30. The lowest BCUT2D eigenvalue weighted by atomic mass is 9.97. The minimum Gasteiger partial charge on any atom is -0.293 e. The van der Waals surface area contributed by atoms with Crippen LogP contribution in [0.25, 0.3) is 0 Å². The maximum atomic E-state index is 12.0. The molecule has 0 radical (unpaired) electrons. The molecule has 3 heteroatoms. The number of carbonyl (C=O) groups excluding carboxylic acids is 1. The number of aryl methyl sites for hydroxylation is 1. The van der Waals surface area contributed by atoms with Crippen molar-refractivity contribution in [1.82, 2.24) is 0 Å². The molecule has 0 atom stereocenters. The van der Waals surface area contributed by atoms with E-state index in [2.05, 4.69) is 29.8 Å². The molecule has 0 saturated heterocycles. The molecule has 1 aromatic rings. The molecule has 0 bridgehead atoms. The molecule has 1 heterocycles. The molecule has 1 aromatic heterocycles. The highest BCUT2D eigenvalue weighted by molar-refractivity contribution is 9.10. The van der Waals surface area contributed by atoms with Crippen molar-refractivity contribution >= 4 is 33.0 Å². The second kappa shape index (κ2) is 5.08. The Hall–Kier alpha value is -0.150. The summed E-state index contributed by atoms with van der Waals surface area (Å²) in [5.74, 6) is 0.476. The molecule has 0 aliphatic rings. The van der Waals surface area contributed by atoms with Gasteiger partial charge in [0.15, 0.2) is 5.78 Å². The van der Waals surface area contributed by atoms with Crippen molar-refractivity contribution in [3.8, 4) is 0 Å². The van der Waals surface area contributed by atoms with Crippen LogP contribution < -0.4 is 0 Å². The van der Waals surface area contributed by atoms with E-state index in [9.17, 15) is 4.79 Å². The molecule has 0 aromatic carbocycles. The largest absolute Gasteiger partial charge is 0.293 e. The standard InChI is InChI=1S/C11H15BrOS/c1-4-8(5-2)10(13)11-9(12)6-7(3)14-11/h6,8H,4-5H2,1-3H3. The van der Waals surface area contributed by atoms with Crippen molar-refractivity contribution in [3.63, 3.8) is 0 Å². The van der Waals surface area contributed by atoms with E-state index in [0.717, 1.165) is 22.2 Å². The van der Waals surface area contributed by atoms with Gasteiger partial charge in [0.25, 0.3) is 0 Å². The van der Waals surface area contributed by atoms with Crippen LogP contribution in [0.4, 0.5) is 0 Å². The van der Waals surface area contributed by atoms with Crippen LogP contribution in [0.3, 0.4) is 0 Å². The number of halogens is 1. The van der Waals surface area contributed by atoms with E-state index >= 15 is 0 Å². The average molecular weight is 275 g/mol. The average Bonchev–Trinajstić information content (AvgIpc) is 2.47. The van der Waals surface area contributed by atoms with Crippen LogP contribution in [0.2, 0.25) is 0 Å². The Bertz CT molecular complexity index is 326. The Labute approximate surface area is 97.7 Å². The quantitative estimate of drug-likeness (QED) is 0.742. The zero-order valence-electron chi connectivity index (χ0n) is 8.76. The molecular formula is C11H15BrOS. The Balaban J connectivity index is 2.93. The van der Waals surface area contributed by atoms with Crippen molar-refractivity contribution in [2.24, 2.45) is 5.92 Å². The van der Waals surface area contributed by atoms with E-state index in [0.29, 0.717) is 5.78 Å². The van der Waals surface area contributed by atoms with E-state index in [1.54, 1.807) is 11.3 Å². The van der Waals surface area contributed by atoms with Crippen LogP contribution in [0, 0.1) is 12.8 Å². The molecule has 0 aliphatic heterocycles. The van der Waals surface area contributed by atoms with Gasteiger partial charge in [-0.15, -0.1) is 11.3 Å². The molecule has 14 heavy (non-hydrogen) atoms. The Morgan fingerprint density at radius 3 is 2.43 bits per heavy atom.